The standard InChI is InChI=1S/C13H14F3N/c14-9-1-2-11-10(7-9)12(8-17-11)3-5-13(15,16)6-4-12/h1-2,7,17H,3-6,8H2. The predicted octanol–water partition coefficient (Wildman–Crippen LogP) is 3.70. The molecule has 1 aliphatic heterocycles. The first-order valence-electron chi connectivity index (χ1n) is 5.93. The maximum Gasteiger partial charge on any atom is 0.248 e. The molecule has 0 aromatic heterocycles. The zero-order valence-electron chi connectivity index (χ0n) is 9.40. The number of rotatable bonds is 0. The number of alkyl halides is 2. The van der Waals surface area contributed by atoms with Crippen LogP contribution in [0.4, 0.5) is 18.9 Å². The van der Waals surface area contributed by atoms with E-state index in [1.807, 2.05) is 0 Å². The lowest BCUT2D eigenvalue weighted by Gasteiger charge is -2.37. The van der Waals surface area contributed by atoms with Crippen molar-refractivity contribution in [3.8, 4) is 0 Å². The van der Waals surface area contributed by atoms with E-state index in [0.29, 0.717) is 19.4 Å². The maximum absolute atomic E-state index is 13.3. The van der Waals surface area contributed by atoms with Crippen LogP contribution in [-0.4, -0.2) is 12.5 Å². The van der Waals surface area contributed by atoms with Crippen LogP contribution in [0.25, 0.3) is 0 Å². The maximum atomic E-state index is 13.3. The number of benzene rings is 1. The number of nitrogens with one attached hydrogen (secondary N) is 1. The van der Waals surface area contributed by atoms with E-state index >= 15 is 0 Å². The van der Waals surface area contributed by atoms with Crippen molar-refractivity contribution < 1.29 is 13.2 Å². The van der Waals surface area contributed by atoms with E-state index in [0.717, 1.165) is 11.3 Å². The van der Waals surface area contributed by atoms with E-state index in [1.54, 1.807) is 6.07 Å². The first-order valence-corrected chi connectivity index (χ1v) is 5.93. The number of halogens is 3. The summed E-state index contributed by atoms with van der Waals surface area (Å²) in [5.74, 6) is -2.83. The molecule has 17 heavy (non-hydrogen) atoms. The third-order valence-corrected chi connectivity index (χ3v) is 4.11. The molecule has 1 aromatic carbocycles. The fraction of sp³-hybridized carbons (Fsp3) is 0.538. The van der Waals surface area contributed by atoms with Gasteiger partial charge in [0.15, 0.2) is 0 Å². The van der Waals surface area contributed by atoms with Crippen LogP contribution < -0.4 is 5.32 Å². The second kappa shape index (κ2) is 3.40. The summed E-state index contributed by atoms with van der Waals surface area (Å²) in [6.45, 7) is 0.655. The van der Waals surface area contributed by atoms with Crippen molar-refractivity contribution in [2.75, 3.05) is 11.9 Å². The minimum Gasteiger partial charge on any atom is -0.384 e. The Bertz CT molecular complexity index is 446. The average molecular weight is 241 g/mol. The van der Waals surface area contributed by atoms with Crippen LogP contribution in [0.1, 0.15) is 31.2 Å². The molecule has 0 radical (unpaired) electrons. The highest BCUT2D eigenvalue weighted by atomic mass is 19.3. The van der Waals surface area contributed by atoms with E-state index < -0.39 is 5.92 Å². The highest BCUT2D eigenvalue weighted by Crippen LogP contribution is 2.50. The van der Waals surface area contributed by atoms with E-state index in [4.69, 9.17) is 0 Å². The Kier molecular flexibility index (Phi) is 2.19. The third-order valence-electron chi connectivity index (χ3n) is 4.11. The van der Waals surface area contributed by atoms with Crippen LogP contribution in [0, 0.1) is 5.82 Å². The van der Waals surface area contributed by atoms with Crippen molar-refractivity contribution in [2.45, 2.75) is 37.0 Å². The lowest BCUT2D eigenvalue weighted by molar-refractivity contribution is -0.0496. The van der Waals surface area contributed by atoms with Crippen LogP contribution in [0.2, 0.25) is 0 Å². The zero-order chi connectivity index (χ0) is 12.1. The molecular weight excluding hydrogens is 227 g/mol. The SMILES string of the molecule is Fc1ccc2c(c1)C1(CCC(F)(F)CC1)CN2. The van der Waals surface area contributed by atoms with Gasteiger partial charge >= 0.3 is 0 Å². The van der Waals surface area contributed by atoms with Crippen LogP contribution in [0.15, 0.2) is 18.2 Å². The molecule has 0 bridgehead atoms. The molecule has 1 aliphatic carbocycles. The van der Waals surface area contributed by atoms with E-state index in [2.05, 4.69) is 5.32 Å². The van der Waals surface area contributed by atoms with Crippen molar-refractivity contribution in [1.82, 2.24) is 0 Å². The molecule has 4 heteroatoms. The summed E-state index contributed by atoms with van der Waals surface area (Å²) >= 11 is 0. The molecule has 1 spiro atoms. The molecule has 1 nitrogen and oxygen atoms in total. The highest BCUT2D eigenvalue weighted by molar-refractivity contribution is 5.60. The summed E-state index contributed by atoms with van der Waals surface area (Å²) in [6.07, 6.45) is 0.683. The molecule has 0 atom stereocenters. The van der Waals surface area contributed by atoms with Gasteiger partial charge in [0.05, 0.1) is 0 Å². The summed E-state index contributed by atoms with van der Waals surface area (Å²) in [7, 11) is 0. The van der Waals surface area contributed by atoms with Crippen molar-refractivity contribution in [3.63, 3.8) is 0 Å². The fourth-order valence-corrected chi connectivity index (χ4v) is 3.01. The monoisotopic (exact) mass is 241 g/mol. The Morgan fingerprint density at radius 2 is 1.76 bits per heavy atom. The molecule has 1 N–H and O–H groups in total. The summed E-state index contributed by atoms with van der Waals surface area (Å²) in [6, 6.07) is 4.60. The smallest absolute Gasteiger partial charge is 0.248 e. The van der Waals surface area contributed by atoms with Gasteiger partial charge in [0.25, 0.3) is 0 Å². The minimum absolute atomic E-state index is 0.0926. The molecule has 92 valence electrons. The molecule has 1 fully saturated rings. The normalized spacial score (nSPS) is 24.4. The first kappa shape index (κ1) is 10.9. The topological polar surface area (TPSA) is 12.0 Å². The van der Waals surface area contributed by atoms with Gasteiger partial charge in [-0.2, -0.15) is 0 Å². The van der Waals surface area contributed by atoms with Crippen LogP contribution in [0.5, 0.6) is 0 Å². The Balaban J connectivity index is 1.95. The van der Waals surface area contributed by atoms with Crippen LogP contribution in [0.3, 0.4) is 0 Å². The van der Waals surface area contributed by atoms with Gasteiger partial charge in [-0.15, -0.1) is 0 Å². The molecule has 1 heterocycles. The van der Waals surface area contributed by atoms with Crippen molar-refractivity contribution in [1.29, 1.82) is 0 Å². The Labute approximate surface area is 98.0 Å². The number of anilines is 1. The van der Waals surface area contributed by atoms with Crippen LogP contribution in [-0.2, 0) is 5.41 Å². The second-order valence-corrected chi connectivity index (χ2v) is 5.18. The number of hydrogen-bond donors (Lipinski definition) is 1. The molecular formula is C13H14F3N. The quantitative estimate of drug-likeness (QED) is 0.730. The molecule has 1 aromatic rings. The van der Waals surface area contributed by atoms with Crippen molar-refractivity contribution in [2.24, 2.45) is 0 Å². The zero-order valence-corrected chi connectivity index (χ0v) is 9.40. The van der Waals surface area contributed by atoms with Gasteiger partial charge in [-0.05, 0) is 36.6 Å². The molecule has 0 amide bonds. The fourth-order valence-electron chi connectivity index (χ4n) is 3.01. The third kappa shape index (κ3) is 1.70. The van der Waals surface area contributed by atoms with Crippen LogP contribution >= 0.6 is 0 Å². The molecule has 3 rings (SSSR count). The average Bonchev–Trinajstić information content (AvgIpc) is 2.63. The van der Waals surface area contributed by atoms with Crippen molar-refractivity contribution >= 4 is 5.69 Å². The van der Waals surface area contributed by atoms with E-state index in [9.17, 15) is 13.2 Å². The molecule has 0 saturated heterocycles. The molecule has 1 saturated carbocycles. The Morgan fingerprint density at radius 1 is 1.06 bits per heavy atom. The second-order valence-electron chi connectivity index (χ2n) is 5.18. The lowest BCUT2D eigenvalue weighted by atomic mass is 9.69. The minimum atomic E-state index is -2.54. The van der Waals surface area contributed by atoms with Gasteiger partial charge in [0.1, 0.15) is 5.82 Å². The summed E-state index contributed by atoms with van der Waals surface area (Å²) < 4.78 is 39.7. The van der Waals surface area contributed by atoms with Gasteiger partial charge in [0.2, 0.25) is 5.92 Å². The largest absolute Gasteiger partial charge is 0.384 e. The Hall–Kier alpha value is -1.19. The van der Waals surface area contributed by atoms with Gasteiger partial charge in [-0.25, -0.2) is 13.2 Å². The summed E-state index contributed by atoms with van der Waals surface area (Å²) in [5, 5.41) is 3.20. The molecule has 0 unspecified atom stereocenters. The first-order chi connectivity index (χ1) is 8.01. The lowest BCUT2D eigenvalue weighted by Crippen LogP contribution is -2.38. The van der Waals surface area contributed by atoms with Gasteiger partial charge in [0, 0.05) is 30.5 Å². The number of fused-ring (bicyclic) bond motifs is 2. The van der Waals surface area contributed by atoms with Gasteiger partial charge in [-0.1, -0.05) is 0 Å². The van der Waals surface area contributed by atoms with E-state index in [-0.39, 0.29) is 24.1 Å². The summed E-state index contributed by atoms with van der Waals surface area (Å²) in [4.78, 5) is 0. The Morgan fingerprint density at radius 3 is 2.47 bits per heavy atom. The van der Waals surface area contributed by atoms with E-state index in [1.165, 1.54) is 12.1 Å². The van der Waals surface area contributed by atoms with Gasteiger partial charge < -0.3 is 5.32 Å². The highest BCUT2D eigenvalue weighted by Gasteiger charge is 2.47. The van der Waals surface area contributed by atoms with Gasteiger partial charge in [-0.3, -0.25) is 0 Å². The van der Waals surface area contributed by atoms with Crippen molar-refractivity contribution in [3.05, 3.63) is 29.6 Å². The molecule has 2 aliphatic rings. The predicted molar refractivity (Wildman–Crippen MR) is 60.0 cm³/mol. The number of hydrogen-bond acceptors (Lipinski definition) is 1. The summed E-state index contributed by atoms with van der Waals surface area (Å²) in [5.41, 5.74) is 1.50.